The van der Waals surface area contributed by atoms with Gasteiger partial charge in [0.2, 0.25) is 5.91 Å². The number of aromatic nitrogens is 1. The molecule has 0 bridgehead atoms. The maximum absolute atomic E-state index is 12.5. The highest BCUT2D eigenvalue weighted by molar-refractivity contribution is 7.09. The van der Waals surface area contributed by atoms with Crippen LogP contribution in [0.15, 0.2) is 60.0 Å². The third-order valence-corrected chi connectivity index (χ3v) is 6.47. The van der Waals surface area contributed by atoms with E-state index >= 15 is 0 Å². The summed E-state index contributed by atoms with van der Waals surface area (Å²) in [6, 6.07) is 15.5. The second-order valence-corrected chi connectivity index (χ2v) is 8.66. The third-order valence-electron chi connectivity index (χ3n) is 5.29. The molecule has 1 aromatic heterocycles. The van der Waals surface area contributed by atoms with Gasteiger partial charge in [0, 0.05) is 48.2 Å². The lowest BCUT2D eigenvalue weighted by atomic mass is 10.2. The average Bonchev–Trinajstić information content (AvgIpc) is 3.27. The summed E-state index contributed by atoms with van der Waals surface area (Å²) in [5.41, 5.74) is 2.93. The lowest BCUT2D eigenvalue weighted by molar-refractivity contribution is -0.127. The van der Waals surface area contributed by atoms with Crippen molar-refractivity contribution >= 4 is 34.9 Å². The normalized spacial score (nSPS) is 14.8. The van der Waals surface area contributed by atoms with Gasteiger partial charge in [-0.3, -0.25) is 9.69 Å². The Kier molecular flexibility index (Phi) is 7.02. The Balaban J connectivity index is 1.29. The van der Waals surface area contributed by atoms with E-state index in [4.69, 9.17) is 21.3 Å². The summed E-state index contributed by atoms with van der Waals surface area (Å²) in [4.78, 5) is 21.5. The Hall–Kier alpha value is -2.67. The van der Waals surface area contributed by atoms with Crippen molar-refractivity contribution in [1.29, 1.82) is 0 Å². The Labute approximate surface area is 191 Å². The molecule has 4 rings (SSSR count). The van der Waals surface area contributed by atoms with E-state index in [1.807, 2.05) is 53.4 Å². The quantitative estimate of drug-likeness (QED) is 0.501. The molecule has 0 saturated carbocycles. The molecule has 1 fully saturated rings. The molecule has 160 valence electrons. The maximum Gasteiger partial charge on any atom is 0.246 e. The molecule has 2 aromatic carbocycles. The molecular formula is C24H24ClN3O2S. The van der Waals surface area contributed by atoms with Crippen LogP contribution >= 0.6 is 22.9 Å². The summed E-state index contributed by atoms with van der Waals surface area (Å²) in [6.45, 7) is 3.90. The fourth-order valence-corrected chi connectivity index (χ4v) is 4.52. The lowest BCUT2D eigenvalue weighted by Crippen LogP contribution is -2.47. The van der Waals surface area contributed by atoms with Gasteiger partial charge in [0.15, 0.2) is 0 Å². The topological polar surface area (TPSA) is 45.7 Å². The van der Waals surface area contributed by atoms with Gasteiger partial charge in [-0.15, -0.1) is 11.3 Å². The van der Waals surface area contributed by atoms with Crippen LogP contribution in [0.5, 0.6) is 5.75 Å². The van der Waals surface area contributed by atoms with Gasteiger partial charge in [-0.25, -0.2) is 4.98 Å². The minimum Gasteiger partial charge on any atom is -0.497 e. The molecule has 31 heavy (non-hydrogen) atoms. The molecular weight excluding hydrogens is 430 g/mol. The Morgan fingerprint density at radius 1 is 1.13 bits per heavy atom. The smallest absolute Gasteiger partial charge is 0.246 e. The number of methoxy groups -OCH3 is 1. The van der Waals surface area contributed by atoms with Crippen molar-refractivity contribution in [2.75, 3.05) is 33.3 Å². The number of hydrogen-bond donors (Lipinski definition) is 0. The first-order valence-corrected chi connectivity index (χ1v) is 11.4. The number of halogens is 1. The summed E-state index contributed by atoms with van der Waals surface area (Å²) in [5.74, 6) is 0.865. The van der Waals surface area contributed by atoms with Crippen LogP contribution in [0.3, 0.4) is 0 Å². The number of thiazole rings is 1. The van der Waals surface area contributed by atoms with E-state index in [0.29, 0.717) is 18.1 Å². The highest BCUT2D eigenvalue weighted by atomic mass is 35.5. The van der Waals surface area contributed by atoms with Crippen LogP contribution in [0.2, 0.25) is 5.02 Å². The van der Waals surface area contributed by atoms with Gasteiger partial charge in [0.05, 0.1) is 19.3 Å². The largest absolute Gasteiger partial charge is 0.497 e. The van der Waals surface area contributed by atoms with E-state index < -0.39 is 0 Å². The molecule has 0 unspecified atom stereocenters. The SMILES string of the molecule is COc1ccc(-c2csc(CN3CCN(C(=O)/C=C/c4ccccc4Cl)CC3)n2)cc1. The predicted molar refractivity (Wildman–Crippen MR) is 126 cm³/mol. The first-order valence-electron chi connectivity index (χ1n) is 10.1. The maximum atomic E-state index is 12.5. The van der Waals surface area contributed by atoms with E-state index in [1.54, 1.807) is 30.6 Å². The predicted octanol–water partition coefficient (Wildman–Crippen LogP) is 4.83. The van der Waals surface area contributed by atoms with E-state index in [9.17, 15) is 4.79 Å². The van der Waals surface area contributed by atoms with Crippen LogP contribution in [-0.4, -0.2) is 54.0 Å². The summed E-state index contributed by atoms with van der Waals surface area (Å²) in [7, 11) is 1.67. The van der Waals surface area contributed by atoms with Gasteiger partial charge in [-0.1, -0.05) is 29.8 Å². The number of amides is 1. The summed E-state index contributed by atoms with van der Waals surface area (Å²) in [5, 5.41) is 3.83. The third kappa shape index (κ3) is 5.53. The first kappa shape index (κ1) is 21.6. The number of piperazine rings is 1. The van der Waals surface area contributed by atoms with Crippen molar-refractivity contribution in [2.24, 2.45) is 0 Å². The summed E-state index contributed by atoms with van der Waals surface area (Å²) in [6.07, 6.45) is 3.39. The Morgan fingerprint density at radius 3 is 2.58 bits per heavy atom. The van der Waals surface area contributed by atoms with E-state index in [2.05, 4.69) is 10.3 Å². The van der Waals surface area contributed by atoms with Crippen molar-refractivity contribution in [3.8, 4) is 17.0 Å². The van der Waals surface area contributed by atoms with Crippen molar-refractivity contribution in [3.63, 3.8) is 0 Å². The molecule has 3 aromatic rings. The molecule has 1 amide bonds. The lowest BCUT2D eigenvalue weighted by Gasteiger charge is -2.33. The van der Waals surface area contributed by atoms with Crippen LogP contribution in [0.25, 0.3) is 17.3 Å². The zero-order valence-corrected chi connectivity index (χ0v) is 18.9. The molecule has 0 atom stereocenters. The molecule has 1 saturated heterocycles. The monoisotopic (exact) mass is 453 g/mol. The Morgan fingerprint density at radius 2 is 1.87 bits per heavy atom. The minimum absolute atomic E-state index is 0.0237. The standard InChI is InChI=1S/C24H24ClN3O2S/c1-30-20-9-6-19(7-10-20)22-17-31-23(26-22)16-27-12-14-28(15-13-27)24(29)11-8-18-4-2-3-5-21(18)25/h2-11,17H,12-16H2,1H3/b11-8+. The number of ether oxygens (including phenoxy) is 1. The molecule has 0 radical (unpaired) electrons. The zero-order valence-electron chi connectivity index (χ0n) is 17.3. The number of hydrogen-bond acceptors (Lipinski definition) is 5. The van der Waals surface area contributed by atoms with Crippen LogP contribution in [0.1, 0.15) is 10.6 Å². The van der Waals surface area contributed by atoms with Crippen molar-refractivity contribution in [1.82, 2.24) is 14.8 Å². The molecule has 1 aliphatic rings. The van der Waals surface area contributed by atoms with E-state index in [-0.39, 0.29) is 5.91 Å². The molecule has 5 nitrogen and oxygen atoms in total. The van der Waals surface area contributed by atoms with Crippen LogP contribution in [0, 0.1) is 0 Å². The fraction of sp³-hybridized carbons (Fsp3) is 0.250. The van der Waals surface area contributed by atoms with Gasteiger partial charge in [0.25, 0.3) is 0 Å². The van der Waals surface area contributed by atoms with Crippen molar-refractivity contribution in [2.45, 2.75) is 6.54 Å². The summed E-state index contributed by atoms with van der Waals surface area (Å²) >= 11 is 7.82. The van der Waals surface area contributed by atoms with Gasteiger partial charge < -0.3 is 9.64 Å². The van der Waals surface area contributed by atoms with Crippen LogP contribution < -0.4 is 4.74 Å². The molecule has 2 heterocycles. The summed E-state index contributed by atoms with van der Waals surface area (Å²) < 4.78 is 5.22. The number of carbonyl (C=O) groups excluding carboxylic acids is 1. The van der Waals surface area contributed by atoms with Gasteiger partial charge in [0.1, 0.15) is 10.8 Å². The molecule has 0 N–H and O–H groups in total. The molecule has 7 heteroatoms. The van der Waals surface area contributed by atoms with Gasteiger partial charge in [-0.05, 0) is 42.0 Å². The van der Waals surface area contributed by atoms with Crippen LogP contribution in [0.4, 0.5) is 0 Å². The van der Waals surface area contributed by atoms with E-state index in [0.717, 1.165) is 47.2 Å². The van der Waals surface area contributed by atoms with Gasteiger partial charge in [-0.2, -0.15) is 0 Å². The first-order chi connectivity index (χ1) is 15.1. The second kappa shape index (κ2) is 10.1. The number of benzene rings is 2. The zero-order chi connectivity index (χ0) is 21.6. The number of rotatable bonds is 6. The minimum atomic E-state index is 0.0237. The van der Waals surface area contributed by atoms with Crippen LogP contribution in [-0.2, 0) is 11.3 Å². The van der Waals surface area contributed by atoms with Crippen molar-refractivity contribution < 1.29 is 9.53 Å². The highest BCUT2D eigenvalue weighted by Crippen LogP contribution is 2.25. The highest BCUT2D eigenvalue weighted by Gasteiger charge is 2.20. The fourth-order valence-electron chi connectivity index (χ4n) is 3.47. The number of nitrogens with zero attached hydrogens (tertiary/aromatic N) is 3. The second-order valence-electron chi connectivity index (χ2n) is 7.31. The average molecular weight is 454 g/mol. The Bertz CT molecular complexity index is 1060. The molecule has 0 aliphatic carbocycles. The number of carbonyl (C=O) groups is 1. The van der Waals surface area contributed by atoms with Crippen molar-refractivity contribution in [3.05, 3.63) is 75.6 Å². The molecule has 1 aliphatic heterocycles. The van der Waals surface area contributed by atoms with Gasteiger partial charge >= 0.3 is 0 Å². The molecule has 0 spiro atoms. The van der Waals surface area contributed by atoms with E-state index in [1.165, 1.54) is 0 Å².